The Bertz CT molecular complexity index is 8.00. The second-order valence-corrected chi connectivity index (χ2v) is 0. The second-order valence-electron chi connectivity index (χ2n) is 0. The summed E-state index contributed by atoms with van der Waals surface area (Å²) in [6.07, 6.45) is 0. The molecule has 0 spiro atoms. The first kappa shape index (κ1) is 26.7. The molecule has 20 valence electrons. The predicted molar refractivity (Wildman–Crippen MR) is 29.8 cm³/mol. The Hall–Kier alpha value is 3.28. The van der Waals surface area contributed by atoms with Crippen molar-refractivity contribution in [3.63, 3.8) is 0 Å². The molecule has 0 rings (SSSR count). The summed E-state index contributed by atoms with van der Waals surface area (Å²) in [5.41, 5.74) is 0. The molecule has 4 heavy (non-hydrogen) atoms. The van der Waals surface area contributed by atoms with Gasteiger partial charge >= 0.3 is 51.4 Å². The molecule has 0 heterocycles. The fraction of sp³-hybridized carbons (Fsp3) is 0. The van der Waals surface area contributed by atoms with Gasteiger partial charge in [0.25, 0.3) is 0 Å². The van der Waals surface area contributed by atoms with Crippen LogP contribution in [0.25, 0.3) is 0 Å². The van der Waals surface area contributed by atoms with Gasteiger partial charge in [0.15, 0.2) is 0 Å². The summed E-state index contributed by atoms with van der Waals surface area (Å²) in [7, 11) is 0. The molecule has 0 saturated heterocycles. The summed E-state index contributed by atoms with van der Waals surface area (Å²) in [6.45, 7) is 0. The molecule has 0 aliphatic carbocycles. The molecule has 0 aromatic rings. The zero-order chi connectivity index (χ0) is 0. The molecule has 4 heteroatoms. The second kappa shape index (κ2) is 16.3. The van der Waals surface area contributed by atoms with Crippen molar-refractivity contribution < 1.29 is 19.5 Å². The van der Waals surface area contributed by atoms with Crippen LogP contribution in [-0.4, -0.2) is 51.4 Å². The molecule has 0 nitrogen and oxygen atoms in total. The van der Waals surface area contributed by atoms with Gasteiger partial charge in [0.05, 0.1) is 0 Å². The van der Waals surface area contributed by atoms with E-state index in [9.17, 15) is 0 Å². The van der Waals surface area contributed by atoms with E-state index in [0.29, 0.717) is 0 Å². The summed E-state index contributed by atoms with van der Waals surface area (Å²) < 4.78 is 0. The van der Waals surface area contributed by atoms with Crippen molar-refractivity contribution in [1.82, 2.24) is 0 Å². The van der Waals surface area contributed by atoms with Gasteiger partial charge in [0.1, 0.15) is 0 Å². The molecule has 0 saturated carbocycles. The smallest absolute Gasteiger partial charge is 0 e. The maximum Gasteiger partial charge on any atom is 0 e. The van der Waals surface area contributed by atoms with Crippen LogP contribution in [-0.2, 0) is 19.5 Å². The normalized spacial score (nSPS) is 0. The average Bonchev–Trinajstić information content (AvgIpc) is 0. The Morgan fingerprint density at radius 3 is 1.00 bits per heavy atom. The van der Waals surface area contributed by atoms with E-state index in [-0.39, 0.29) is 107 Å². The zero-order valence-corrected chi connectivity index (χ0v) is 7.64. The molecule has 0 radical (unpaired) electrons. The van der Waals surface area contributed by atoms with Crippen LogP contribution in [0.2, 0.25) is 0 Å². The molecule has 0 aromatic heterocycles. The Morgan fingerprint density at radius 1 is 1.00 bits per heavy atom. The van der Waals surface area contributed by atoms with Gasteiger partial charge in [-0.2, -0.15) is 0 Å². The molecule has 0 atom stereocenters. The van der Waals surface area contributed by atoms with Crippen molar-refractivity contribution in [2.75, 3.05) is 0 Å². The predicted octanol–water partition coefficient (Wildman–Crippen LogP) is 0.389. The van der Waals surface area contributed by atoms with Gasteiger partial charge < -0.3 is 0 Å². The van der Waals surface area contributed by atoms with Gasteiger partial charge in [-0.1, -0.05) is 0 Å². The van der Waals surface area contributed by atoms with Crippen molar-refractivity contribution in [1.29, 1.82) is 0 Å². The van der Waals surface area contributed by atoms with Crippen LogP contribution in [0.4, 0.5) is 0 Å². The van der Waals surface area contributed by atoms with Crippen LogP contribution in [0, 0.1) is 0 Å². The number of halogens is 2. The SMILES string of the molecule is Cl.I.[KH].[Zn]. The topological polar surface area (TPSA) is 0 Å². The van der Waals surface area contributed by atoms with E-state index in [1.165, 1.54) is 0 Å². The van der Waals surface area contributed by atoms with Crippen LogP contribution in [0.1, 0.15) is 0 Å². The maximum absolute atomic E-state index is 0. The third kappa shape index (κ3) is 8.99. The molecule has 0 aromatic carbocycles. The van der Waals surface area contributed by atoms with Crippen LogP contribution in [0.15, 0.2) is 0 Å². The molecule has 0 unspecified atom stereocenters. The van der Waals surface area contributed by atoms with E-state index in [0.717, 1.165) is 0 Å². The van der Waals surface area contributed by atoms with Crippen molar-refractivity contribution in [2.45, 2.75) is 0 Å². The van der Waals surface area contributed by atoms with Gasteiger partial charge in [-0.25, -0.2) is 0 Å². The standard InChI is InChI=1S/ClH.HI.K.Zn.H/h2*1H;;;. The largest absolute Gasteiger partial charge is 0 e. The van der Waals surface area contributed by atoms with Crippen molar-refractivity contribution in [3.05, 3.63) is 0 Å². The molecular weight excluding hydrogens is 267 g/mol. The Kier molecular flexibility index (Phi) is 109. The quantitative estimate of drug-likeness (QED) is 0.441. The number of hydrogen-bond acceptors (Lipinski definition) is 0. The first-order valence-corrected chi connectivity index (χ1v) is 0. The molecule has 0 aliphatic heterocycles. The molecule has 0 fully saturated rings. The fourth-order valence-corrected chi connectivity index (χ4v) is 0. The van der Waals surface area contributed by atoms with Gasteiger partial charge in [0.2, 0.25) is 0 Å². The minimum Gasteiger partial charge on any atom is 0 e. The third-order valence-corrected chi connectivity index (χ3v) is 0. The van der Waals surface area contributed by atoms with Gasteiger partial charge in [-0.15, -0.1) is 36.4 Å². The first-order chi connectivity index (χ1) is 0. The van der Waals surface area contributed by atoms with Crippen LogP contribution in [0.3, 0.4) is 0 Å². The average molecular weight is 270 g/mol. The third-order valence-electron chi connectivity index (χ3n) is 0. The Labute approximate surface area is 104 Å². The summed E-state index contributed by atoms with van der Waals surface area (Å²) in [4.78, 5) is 0. The van der Waals surface area contributed by atoms with Crippen molar-refractivity contribution in [2.24, 2.45) is 0 Å². The van der Waals surface area contributed by atoms with Crippen molar-refractivity contribution >= 4 is 87.8 Å². The van der Waals surface area contributed by atoms with E-state index in [4.69, 9.17) is 0 Å². The van der Waals surface area contributed by atoms with Crippen LogP contribution >= 0.6 is 36.4 Å². The first-order valence-electron chi connectivity index (χ1n) is 0. The maximum atomic E-state index is 0. The van der Waals surface area contributed by atoms with E-state index in [1.807, 2.05) is 0 Å². The van der Waals surface area contributed by atoms with E-state index < -0.39 is 0 Å². The van der Waals surface area contributed by atoms with Crippen molar-refractivity contribution in [3.8, 4) is 0 Å². The number of rotatable bonds is 0. The van der Waals surface area contributed by atoms with Crippen LogP contribution < -0.4 is 0 Å². The van der Waals surface area contributed by atoms with Gasteiger partial charge in [-0.05, 0) is 0 Å². The van der Waals surface area contributed by atoms with E-state index in [2.05, 4.69) is 0 Å². The minimum atomic E-state index is 0. The van der Waals surface area contributed by atoms with Crippen LogP contribution in [0.5, 0.6) is 0 Å². The summed E-state index contributed by atoms with van der Waals surface area (Å²) >= 11 is 0. The van der Waals surface area contributed by atoms with Gasteiger partial charge in [-0.3, -0.25) is 0 Å². The fourth-order valence-electron chi connectivity index (χ4n) is 0. The van der Waals surface area contributed by atoms with E-state index >= 15 is 0 Å². The van der Waals surface area contributed by atoms with Gasteiger partial charge in [0, 0.05) is 19.5 Å². The summed E-state index contributed by atoms with van der Waals surface area (Å²) in [5, 5.41) is 0. The zero-order valence-electron chi connectivity index (χ0n) is 1.52. The summed E-state index contributed by atoms with van der Waals surface area (Å²) in [5.74, 6) is 0. The Morgan fingerprint density at radius 2 is 1.00 bits per heavy atom. The van der Waals surface area contributed by atoms with E-state index in [1.54, 1.807) is 0 Å². The minimum absolute atomic E-state index is 0. The number of hydrogen-bond donors (Lipinski definition) is 0. The monoisotopic (exact) mass is 268 g/mol. The molecule has 0 bridgehead atoms. The molecule has 0 amide bonds. The molecule has 0 aliphatic rings. The molecular formula is H3ClIKZn. The summed E-state index contributed by atoms with van der Waals surface area (Å²) in [6, 6.07) is 0. The Balaban J connectivity index is 0. The molecule has 0 N–H and O–H groups in total.